The molecule has 0 amide bonds. The van der Waals surface area contributed by atoms with E-state index in [4.69, 9.17) is 5.73 Å². The average molecular weight is 224 g/mol. The van der Waals surface area contributed by atoms with E-state index in [1.165, 1.54) is 51.6 Å². The van der Waals surface area contributed by atoms with Gasteiger partial charge in [-0.25, -0.2) is 0 Å². The molecule has 2 N–H and O–H groups in total. The lowest BCUT2D eigenvalue weighted by atomic mass is 9.83. The van der Waals surface area contributed by atoms with Gasteiger partial charge in [0.1, 0.15) is 0 Å². The van der Waals surface area contributed by atoms with Crippen molar-refractivity contribution in [3.8, 4) is 0 Å². The van der Waals surface area contributed by atoms with Crippen molar-refractivity contribution in [3.63, 3.8) is 0 Å². The van der Waals surface area contributed by atoms with Gasteiger partial charge in [-0.3, -0.25) is 4.90 Å². The van der Waals surface area contributed by atoms with Gasteiger partial charge in [-0.05, 0) is 37.6 Å². The summed E-state index contributed by atoms with van der Waals surface area (Å²) in [7, 11) is 0. The van der Waals surface area contributed by atoms with Crippen LogP contribution in [0.4, 0.5) is 0 Å². The zero-order valence-electron chi connectivity index (χ0n) is 11.0. The molecule has 0 aromatic heterocycles. The van der Waals surface area contributed by atoms with Crippen molar-refractivity contribution >= 4 is 0 Å². The van der Waals surface area contributed by atoms with Crippen LogP contribution in [0.2, 0.25) is 0 Å². The highest BCUT2D eigenvalue weighted by Gasteiger charge is 2.31. The van der Waals surface area contributed by atoms with E-state index in [-0.39, 0.29) is 0 Å². The summed E-state index contributed by atoms with van der Waals surface area (Å²) in [5.41, 5.74) is 6.18. The molecule has 0 spiro atoms. The zero-order chi connectivity index (χ0) is 11.5. The number of hydrogen-bond acceptors (Lipinski definition) is 2. The minimum Gasteiger partial charge on any atom is -0.327 e. The lowest BCUT2D eigenvalue weighted by molar-refractivity contribution is 0.0740. The molecule has 0 aromatic rings. The van der Waals surface area contributed by atoms with Gasteiger partial charge in [0, 0.05) is 18.6 Å². The largest absolute Gasteiger partial charge is 0.327 e. The molecule has 4 unspecified atom stereocenters. The Bertz CT molecular complexity index is 217. The van der Waals surface area contributed by atoms with Crippen LogP contribution in [0.15, 0.2) is 0 Å². The molecule has 4 atom stereocenters. The highest BCUT2D eigenvalue weighted by molar-refractivity contribution is 4.87. The molecule has 0 radical (unpaired) electrons. The van der Waals surface area contributed by atoms with Crippen LogP contribution in [0, 0.1) is 11.8 Å². The second-order valence-electron chi connectivity index (χ2n) is 6.04. The van der Waals surface area contributed by atoms with Gasteiger partial charge in [0.2, 0.25) is 0 Å². The third kappa shape index (κ3) is 2.78. The van der Waals surface area contributed by atoms with Gasteiger partial charge < -0.3 is 5.73 Å². The molecule has 0 bridgehead atoms. The number of piperidine rings is 1. The molecule has 2 rings (SSSR count). The maximum Gasteiger partial charge on any atom is 0.00979 e. The molecule has 1 heterocycles. The third-order valence-corrected chi connectivity index (χ3v) is 4.77. The summed E-state index contributed by atoms with van der Waals surface area (Å²) in [6, 6.07) is 1.33. The van der Waals surface area contributed by atoms with Crippen molar-refractivity contribution in [3.05, 3.63) is 0 Å². The summed E-state index contributed by atoms with van der Waals surface area (Å²) >= 11 is 0. The SMILES string of the molecule is CCC1CN(C2CCCC(C)C2)CCC1N. The Hall–Kier alpha value is -0.0800. The summed E-state index contributed by atoms with van der Waals surface area (Å²) in [6.07, 6.45) is 8.19. The predicted molar refractivity (Wildman–Crippen MR) is 69.4 cm³/mol. The van der Waals surface area contributed by atoms with Gasteiger partial charge in [-0.2, -0.15) is 0 Å². The highest BCUT2D eigenvalue weighted by Crippen LogP contribution is 2.30. The number of nitrogens with two attached hydrogens (primary N) is 1. The Balaban J connectivity index is 1.89. The van der Waals surface area contributed by atoms with Crippen LogP contribution < -0.4 is 5.73 Å². The fourth-order valence-corrected chi connectivity index (χ4v) is 3.58. The molecular formula is C14H28N2. The second kappa shape index (κ2) is 5.50. The molecule has 1 aliphatic carbocycles. The van der Waals surface area contributed by atoms with E-state index >= 15 is 0 Å². The Kier molecular flexibility index (Phi) is 4.26. The van der Waals surface area contributed by atoms with Gasteiger partial charge in [0.05, 0.1) is 0 Å². The minimum atomic E-state index is 0.460. The van der Waals surface area contributed by atoms with Crippen LogP contribution in [0.5, 0.6) is 0 Å². The monoisotopic (exact) mass is 224 g/mol. The molecule has 1 saturated heterocycles. The fraction of sp³-hybridized carbons (Fsp3) is 1.00. The molecular weight excluding hydrogens is 196 g/mol. The quantitative estimate of drug-likeness (QED) is 0.781. The van der Waals surface area contributed by atoms with Gasteiger partial charge in [-0.1, -0.05) is 33.1 Å². The molecule has 2 heteroatoms. The van der Waals surface area contributed by atoms with Crippen LogP contribution in [0.25, 0.3) is 0 Å². The number of nitrogens with zero attached hydrogens (tertiary/aromatic N) is 1. The maximum atomic E-state index is 6.18. The first-order valence-corrected chi connectivity index (χ1v) is 7.20. The molecule has 2 nitrogen and oxygen atoms in total. The first-order valence-electron chi connectivity index (χ1n) is 7.20. The predicted octanol–water partition coefficient (Wildman–Crippen LogP) is 2.62. The lowest BCUT2D eigenvalue weighted by Crippen LogP contribution is -2.51. The van der Waals surface area contributed by atoms with E-state index in [0.717, 1.165) is 17.9 Å². The van der Waals surface area contributed by atoms with E-state index < -0.39 is 0 Å². The van der Waals surface area contributed by atoms with Crippen LogP contribution in [-0.4, -0.2) is 30.1 Å². The van der Waals surface area contributed by atoms with E-state index in [9.17, 15) is 0 Å². The Morgan fingerprint density at radius 1 is 1.25 bits per heavy atom. The topological polar surface area (TPSA) is 29.3 Å². The normalized spacial score (nSPS) is 42.2. The van der Waals surface area contributed by atoms with Crippen molar-refractivity contribution in [2.45, 2.75) is 64.5 Å². The van der Waals surface area contributed by atoms with Crippen molar-refractivity contribution < 1.29 is 0 Å². The summed E-state index contributed by atoms with van der Waals surface area (Å²) in [4.78, 5) is 2.74. The van der Waals surface area contributed by atoms with E-state index in [1.807, 2.05) is 0 Å². The van der Waals surface area contributed by atoms with Gasteiger partial charge >= 0.3 is 0 Å². The Labute approximate surface area is 101 Å². The zero-order valence-corrected chi connectivity index (χ0v) is 11.0. The average Bonchev–Trinajstić information content (AvgIpc) is 2.29. The first kappa shape index (κ1) is 12.4. The van der Waals surface area contributed by atoms with Crippen LogP contribution >= 0.6 is 0 Å². The molecule has 16 heavy (non-hydrogen) atoms. The number of rotatable bonds is 2. The van der Waals surface area contributed by atoms with Crippen LogP contribution in [0.3, 0.4) is 0 Å². The maximum absolute atomic E-state index is 6.18. The Morgan fingerprint density at radius 3 is 2.75 bits per heavy atom. The molecule has 1 aliphatic heterocycles. The van der Waals surface area contributed by atoms with E-state index in [0.29, 0.717) is 6.04 Å². The molecule has 1 saturated carbocycles. The summed E-state index contributed by atoms with van der Waals surface area (Å²) in [6.45, 7) is 7.21. The first-order chi connectivity index (χ1) is 7.70. The van der Waals surface area contributed by atoms with E-state index in [2.05, 4.69) is 18.7 Å². The lowest BCUT2D eigenvalue weighted by Gasteiger charge is -2.43. The van der Waals surface area contributed by atoms with Crippen molar-refractivity contribution in [2.24, 2.45) is 17.6 Å². The molecule has 94 valence electrons. The van der Waals surface area contributed by atoms with Crippen molar-refractivity contribution in [1.29, 1.82) is 0 Å². The van der Waals surface area contributed by atoms with Crippen molar-refractivity contribution in [2.75, 3.05) is 13.1 Å². The smallest absolute Gasteiger partial charge is 0.00979 e. The van der Waals surface area contributed by atoms with E-state index in [1.54, 1.807) is 0 Å². The summed E-state index contributed by atoms with van der Waals surface area (Å²) in [5, 5.41) is 0. The van der Waals surface area contributed by atoms with Crippen molar-refractivity contribution in [1.82, 2.24) is 4.90 Å². The standard InChI is InChI=1S/C14H28N2/c1-3-12-10-16(8-7-14(12)15)13-6-4-5-11(2)9-13/h11-14H,3-10,15H2,1-2H3. The molecule has 0 aromatic carbocycles. The molecule has 2 fully saturated rings. The highest BCUT2D eigenvalue weighted by atomic mass is 15.2. The van der Waals surface area contributed by atoms with Gasteiger partial charge in [-0.15, -0.1) is 0 Å². The third-order valence-electron chi connectivity index (χ3n) is 4.77. The fourth-order valence-electron chi connectivity index (χ4n) is 3.58. The van der Waals surface area contributed by atoms with Crippen LogP contribution in [0.1, 0.15) is 52.4 Å². The van der Waals surface area contributed by atoms with Gasteiger partial charge in [0.15, 0.2) is 0 Å². The summed E-state index contributed by atoms with van der Waals surface area (Å²) < 4.78 is 0. The Morgan fingerprint density at radius 2 is 2.06 bits per heavy atom. The minimum absolute atomic E-state index is 0.460. The number of likely N-dealkylation sites (tertiary alicyclic amines) is 1. The van der Waals surface area contributed by atoms with Gasteiger partial charge in [0.25, 0.3) is 0 Å². The van der Waals surface area contributed by atoms with Crippen LogP contribution in [-0.2, 0) is 0 Å². The number of hydrogen-bond donors (Lipinski definition) is 1. The molecule has 2 aliphatic rings. The summed E-state index contributed by atoms with van der Waals surface area (Å²) in [5.74, 6) is 1.68. The second-order valence-corrected chi connectivity index (χ2v) is 6.04.